The van der Waals surface area contributed by atoms with Crippen LogP contribution in [0.4, 0.5) is 0 Å². The molecule has 0 aromatic heterocycles. The number of esters is 2. The molecule has 5 N–H and O–H groups in total. The standard InChI is InChI=1S/C26H30O13/c1-3-14-24(36-12-15-23(32)35-9-8-26(14,15)33)39-25-21(31)20(30)22(18(11-27)37-25)38-19(29)7-5-13-4-6-16(28)17(10-13)34-2/h3-7,10,12,14,18,20-22,24-25,27-28,30-31,33H,1,8-9,11H2,2H3/t14-,18+,20-,21+,22+,24-,25+,26-/m1/s1. The number of benzene rings is 1. The summed E-state index contributed by atoms with van der Waals surface area (Å²) in [7, 11) is 1.37. The summed E-state index contributed by atoms with van der Waals surface area (Å²) >= 11 is 0. The fraction of sp³-hybridized carbons (Fsp3) is 0.462. The highest BCUT2D eigenvalue weighted by Crippen LogP contribution is 2.42. The van der Waals surface area contributed by atoms with E-state index in [1.54, 1.807) is 0 Å². The zero-order valence-electron chi connectivity index (χ0n) is 20.9. The SMILES string of the molecule is C=C[C@@H]1[C@@H](O[C@@H]2O[C@@H](CO)[C@H](OC(=O)C=Cc3ccc(O)c(OC)c3)[C@H](O)[C@@H]2O)OC=C2C(=O)OCC[C@]21O. The van der Waals surface area contributed by atoms with Gasteiger partial charge in [0.15, 0.2) is 23.9 Å². The molecule has 0 spiro atoms. The number of carbonyl (C=O) groups excluding carboxylic acids is 2. The first kappa shape index (κ1) is 28.5. The van der Waals surface area contributed by atoms with Gasteiger partial charge in [0.1, 0.15) is 29.5 Å². The predicted molar refractivity (Wildman–Crippen MR) is 130 cm³/mol. The fourth-order valence-electron chi connectivity index (χ4n) is 4.63. The minimum atomic E-state index is -1.76. The average molecular weight is 551 g/mol. The van der Waals surface area contributed by atoms with Gasteiger partial charge in [-0.15, -0.1) is 6.58 Å². The number of phenolic OH excluding ortho intramolecular Hbond substituents is 1. The van der Waals surface area contributed by atoms with Crippen LogP contribution in [-0.4, -0.2) is 100 Å². The lowest BCUT2D eigenvalue weighted by Crippen LogP contribution is -2.62. The zero-order chi connectivity index (χ0) is 28.3. The third-order valence-electron chi connectivity index (χ3n) is 6.78. The normalized spacial score (nSPS) is 34.3. The number of cyclic esters (lactones) is 1. The van der Waals surface area contributed by atoms with Crippen molar-refractivity contribution in [3.63, 3.8) is 0 Å². The summed E-state index contributed by atoms with van der Waals surface area (Å²) in [4.78, 5) is 24.5. The summed E-state index contributed by atoms with van der Waals surface area (Å²) in [5.41, 5.74) is -1.31. The van der Waals surface area contributed by atoms with Gasteiger partial charge in [0.05, 0.1) is 32.5 Å². The number of aromatic hydroxyl groups is 1. The molecule has 212 valence electrons. The number of aliphatic hydroxyl groups is 4. The van der Waals surface area contributed by atoms with Crippen LogP contribution in [0.5, 0.6) is 11.5 Å². The van der Waals surface area contributed by atoms with E-state index in [-0.39, 0.29) is 30.1 Å². The van der Waals surface area contributed by atoms with Crippen LogP contribution in [0.2, 0.25) is 0 Å². The van der Waals surface area contributed by atoms with Crippen LogP contribution in [0, 0.1) is 5.92 Å². The van der Waals surface area contributed by atoms with E-state index in [1.807, 2.05) is 0 Å². The van der Waals surface area contributed by atoms with E-state index in [2.05, 4.69) is 6.58 Å². The first-order valence-corrected chi connectivity index (χ1v) is 12.0. The molecule has 0 amide bonds. The van der Waals surface area contributed by atoms with Crippen LogP contribution in [0.15, 0.2) is 48.8 Å². The van der Waals surface area contributed by atoms with Gasteiger partial charge in [0.2, 0.25) is 6.29 Å². The lowest BCUT2D eigenvalue weighted by atomic mass is 9.76. The van der Waals surface area contributed by atoms with Crippen LogP contribution < -0.4 is 4.74 Å². The van der Waals surface area contributed by atoms with Gasteiger partial charge in [-0.1, -0.05) is 12.1 Å². The Morgan fingerprint density at radius 2 is 2.03 bits per heavy atom. The van der Waals surface area contributed by atoms with Crippen LogP contribution >= 0.6 is 0 Å². The quantitative estimate of drug-likeness (QED) is 0.158. The summed E-state index contributed by atoms with van der Waals surface area (Å²) in [6, 6.07) is 4.38. The van der Waals surface area contributed by atoms with Gasteiger partial charge in [-0.2, -0.15) is 0 Å². The molecular formula is C26H30O13. The zero-order valence-corrected chi connectivity index (χ0v) is 20.9. The maximum Gasteiger partial charge on any atom is 0.340 e. The van der Waals surface area contributed by atoms with Gasteiger partial charge in [0.25, 0.3) is 0 Å². The van der Waals surface area contributed by atoms with Crippen LogP contribution in [0.1, 0.15) is 12.0 Å². The Labute approximate surface area is 223 Å². The highest BCUT2D eigenvalue weighted by molar-refractivity contribution is 5.91. The molecule has 0 radical (unpaired) electrons. The molecule has 13 nitrogen and oxygen atoms in total. The lowest BCUT2D eigenvalue weighted by molar-refractivity contribution is -0.344. The smallest absolute Gasteiger partial charge is 0.340 e. The van der Waals surface area contributed by atoms with E-state index in [0.717, 1.165) is 12.3 Å². The van der Waals surface area contributed by atoms with Crippen molar-refractivity contribution in [1.82, 2.24) is 0 Å². The Morgan fingerprint density at radius 1 is 1.26 bits per heavy atom. The molecule has 3 aliphatic heterocycles. The molecule has 3 heterocycles. The minimum absolute atomic E-state index is 0.0423. The van der Waals surface area contributed by atoms with E-state index in [9.17, 15) is 35.1 Å². The van der Waals surface area contributed by atoms with Gasteiger partial charge in [0, 0.05) is 12.5 Å². The number of phenols is 1. The molecule has 0 saturated carbocycles. The van der Waals surface area contributed by atoms with Crippen molar-refractivity contribution in [1.29, 1.82) is 0 Å². The van der Waals surface area contributed by atoms with Gasteiger partial charge in [-0.05, 0) is 23.8 Å². The van der Waals surface area contributed by atoms with Crippen LogP contribution in [0.25, 0.3) is 6.08 Å². The highest BCUT2D eigenvalue weighted by Gasteiger charge is 2.55. The summed E-state index contributed by atoms with van der Waals surface area (Å²) in [5, 5.41) is 52.1. The van der Waals surface area contributed by atoms with Crippen molar-refractivity contribution in [3.05, 3.63) is 54.3 Å². The van der Waals surface area contributed by atoms with Crippen molar-refractivity contribution < 1.29 is 63.5 Å². The molecular weight excluding hydrogens is 520 g/mol. The summed E-state index contributed by atoms with van der Waals surface area (Å²) < 4.78 is 32.0. The second-order valence-corrected chi connectivity index (χ2v) is 9.12. The largest absolute Gasteiger partial charge is 0.504 e. The predicted octanol–water partition coefficient (Wildman–Crippen LogP) is -0.498. The fourth-order valence-corrected chi connectivity index (χ4v) is 4.63. The van der Waals surface area contributed by atoms with Gasteiger partial charge in [-0.3, -0.25) is 0 Å². The van der Waals surface area contributed by atoms with E-state index >= 15 is 0 Å². The Hall–Kier alpha value is -3.46. The van der Waals surface area contributed by atoms with Crippen molar-refractivity contribution in [2.75, 3.05) is 20.3 Å². The monoisotopic (exact) mass is 550 g/mol. The molecule has 1 aromatic carbocycles. The average Bonchev–Trinajstić information content (AvgIpc) is 2.92. The van der Waals surface area contributed by atoms with Crippen molar-refractivity contribution in [3.8, 4) is 11.5 Å². The number of methoxy groups -OCH3 is 1. The van der Waals surface area contributed by atoms with Gasteiger partial charge in [-0.25, -0.2) is 9.59 Å². The molecule has 39 heavy (non-hydrogen) atoms. The topological polar surface area (TPSA) is 191 Å². The molecule has 0 unspecified atom stereocenters. The molecule has 2 fully saturated rings. The molecule has 8 atom stereocenters. The lowest BCUT2D eigenvalue weighted by Gasteiger charge is -2.46. The number of fused-ring (bicyclic) bond motifs is 1. The van der Waals surface area contributed by atoms with Crippen molar-refractivity contribution in [2.24, 2.45) is 5.92 Å². The van der Waals surface area contributed by atoms with E-state index in [4.69, 9.17) is 28.4 Å². The second kappa shape index (κ2) is 11.7. The first-order chi connectivity index (χ1) is 18.6. The third kappa shape index (κ3) is 5.64. The maximum atomic E-state index is 12.4. The van der Waals surface area contributed by atoms with Crippen LogP contribution in [0.3, 0.4) is 0 Å². The maximum absolute atomic E-state index is 12.4. The van der Waals surface area contributed by atoms with E-state index < -0.39 is 67.1 Å². The molecule has 3 aliphatic rings. The summed E-state index contributed by atoms with van der Waals surface area (Å²) in [6.45, 7) is 2.92. The van der Waals surface area contributed by atoms with Crippen molar-refractivity contribution in [2.45, 2.75) is 49.0 Å². The Morgan fingerprint density at radius 3 is 2.72 bits per heavy atom. The van der Waals surface area contributed by atoms with Gasteiger partial charge < -0.3 is 54.0 Å². The molecule has 1 aromatic rings. The Balaban J connectivity index is 1.43. The number of aliphatic hydroxyl groups excluding tert-OH is 3. The molecule has 0 aliphatic carbocycles. The highest BCUT2D eigenvalue weighted by atomic mass is 16.8. The number of rotatable bonds is 8. The molecule has 13 heteroatoms. The van der Waals surface area contributed by atoms with E-state index in [0.29, 0.717) is 5.56 Å². The number of hydrogen-bond donors (Lipinski definition) is 5. The van der Waals surface area contributed by atoms with Gasteiger partial charge >= 0.3 is 11.9 Å². The Kier molecular flexibility index (Phi) is 8.59. The molecule has 2 saturated heterocycles. The van der Waals surface area contributed by atoms with Crippen LogP contribution in [-0.2, 0) is 33.3 Å². The third-order valence-corrected chi connectivity index (χ3v) is 6.78. The summed E-state index contributed by atoms with van der Waals surface area (Å²) in [6.07, 6.45) is -4.35. The first-order valence-electron chi connectivity index (χ1n) is 12.0. The minimum Gasteiger partial charge on any atom is -0.504 e. The number of ether oxygens (including phenoxy) is 6. The number of carbonyl (C=O) groups is 2. The summed E-state index contributed by atoms with van der Waals surface area (Å²) in [5.74, 6) is -2.53. The van der Waals surface area contributed by atoms with Crippen molar-refractivity contribution >= 4 is 18.0 Å². The van der Waals surface area contributed by atoms with E-state index in [1.165, 1.54) is 37.5 Å². The molecule has 0 bridgehead atoms. The number of hydrogen-bond acceptors (Lipinski definition) is 13. The molecule has 4 rings (SSSR count). The Bertz CT molecular complexity index is 1140. The second-order valence-electron chi connectivity index (χ2n) is 9.12.